The highest BCUT2D eigenvalue weighted by atomic mass is 79.9. The zero-order valence-electron chi connectivity index (χ0n) is 12.3. The Morgan fingerprint density at radius 2 is 2.19 bits per heavy atom. The predicted molar refractivity (Wildman–Crippen MR) is 92.3 cm³/mol. The van der Waals surface area contributed by atoms with Crippen molar-refractivity contribution < 1.29 is 0 Å². The van der Waals surface area contributed by atoms with Crippen molar-refractivity contribution >= 4 is 38.9 Å². The molecule has 21 heavy (non-hydrogen) atoms. The number of hydrogen-bond acceptors (Lipinski definition) is 5. The number of nitrogens with one attached hydrogen (secondary N) is 1. The van der Waals surface area contributed by atoms with Crippen molar-refractivity contribution in [2.45, 2.75) is 32.2 Å². The van der Waals surface area contributed by atoms with E-state index in [-0.39, 0.29) is 0 Å². The molecular weight excluding hydrogens is 348 g/mol. The van der Waals surface area contributed by atoms with Crippen molar-refractivity contribution in [2.75, 3.05) is 23.8 Å². The first kappa shape index (κ1) is 14.8. The molecule has 1 N–H and O–H groups in total. The van der Waals surface area contributed by atoms with Crippen LogP contribution in [0.5, 0.6) is 0 Å². The smallest absolute Gasteiger partial charge is 0.136 e. The van der Waals surface area contributed by atoms with Gasteiger partial charge in [0.15, 0.2) is 0 Å². The highest BCUT2D eigenvalue weighted by Gasteiger charge is 2.27. The van der Waals surface area contributed by atoms with Crippen LogP contribution >= 0.6 is 27.3 Å². The molecule has 4 nitrogen and oxygen atoms in total. The van der Waals surface area contributed by atoms with E-state index in [1.54, 1.807) is 11.3 Å². The van der Waals surface area contributed by atoms with E-state index in [4.69, 9.17) is 4.98 Å². The van der Waals surface area contributed by atoms with E-state index < -0.39 is 0 Å². The molecule has 0 aromatic carbocycles. The fourth-order valence-corrected chi connectivity index (χ4v) is 3.43. The lowest BCUT2D eigenvalue weighted by Gasteiger charge is -2.19. The third-order valence-electron chi connectivity index (χ3n) is 3.46. The first-order valence-electron chi connectivity index (χ1n) is 7.22. The van der Waals surface area contributed by atoms with Gasteiger partial charge in [0.25, 0.3) is 0 Å². The Balaban J connectivity index is 1.81. The molecule has 2 heterocycles. The van der Waals surface area contributed by atoms with Crippen LogP contribution in [0.15, 0.2) is 21.3 Å². The van der Waals surface area contributed by atoms with Gasteiger partial charge in [-0.25, -0.2) is 9.97 Å². The van der Waals surface area contributed by atoms with Gasteiger partial charge in [0.05, 0.1) is 3.79 Å². The normalized spacial score (nSPS) is 14.2. The molecule has 0 atom stereocenters. The number of nitrogens with zero attached hydrogens (tertiary/aromatic N) is 3. The van der Waals surface area contributed by atoms with Crippen LogP contribution in [0.1, 0.15) is 37.1 Å². The molecule has 0 saturated heterocycles. The van der Waals surface area contributed by atoms with E-state index >= 15 is 0 Å². The highest BCUT2D eigenvalue weighted by molar-refractivity contribution is 9.11. The van der Waals surface area contributed by atoms with Crippen LogP contribution in [0.3, 0.4) is 0 Å². The number of thiophene rings is 1. The number of halogens is 1. The monoisotopic (exact) mass is 366 g/mol. The van der Waals surface area contributed by atoms with Gasteiger partial charge in [-0.05, 0) is 52.7 Å². The fourth-order valence-electron chi connectivity index (χ4n) is 2.23. The third-order valence-corrected chi connectivity index (χ3v) is 5.02. The third kappa shape index (κ3) is 3.74. The molecule has 0 bridgehead atoms. The zero-order valence-corrected chi connectivity index (χ0v) is 14.7. The van der Waals surface area contributed by atoms with E-state index in [0.717, 1.165) is 30.5 Å². The van der Waals surface area contributed by atoms with Crippen LogP contribution in [-0.4, -0.2) is 23.6 Å². The molecule has 1 aliphatic carbocycles. The SMILES string of the molecule is CCNc1cc(N(C)Cc2csc(Br)c2)nc(C2CC2)n1. The minimum atomic E-state index is 0.561. The molecule has 0 amide bonds. The summed E-state index contributed by atoms with van der Waals surface area (Å²) in [5.74, 6) is 3.47. The lowest BCUT2D eigenvalue weighted by Crippen LogP contribution is -2.19. The van der Waals surface area contributed by atoms with Crippen molar-refractivity contribution in [3.05, 3.63) is 32.7 Å². The van der Waals surface area contributed by atoms with E-state index in [1.807, 2.05) is 6.07 Å². The van der Waals surface area contributed by atoms with Crippen LogP contribution in [-0.2, 0) is 6.54 Å². The molecule has 1 saturated carbocycles. The standard InChI is InChI=1S/C15H19BrN4S/c1-3-17-13-7-14(19-15(18-13)11-4-5-11)20(2)8-10-6-12(16)21-9-10/h6-7,9,11H,3-5,8H2,1-2H3,(H,17,18,19). The zero-order chi connectivity index (χ0) is 14.8. The number of hydrogen-bond donors (Lipinski definition) is 1. The molecule has 2 aromatic heterocycles. The second-order valence-electron chi connectivity index (χ2n) is 5.39. The van der Waals surface area contributed by atoms with Gasteiger partial charge in [0.2, 0.25) is 0 Å². The van der Waals surface area contributed by atoms with Crippen molar-refractivity contribution in [3.8, 4) is 0 Å². The van der Waals surface area contributed by atoms with Crippen LogP contribution in [0.4, 0.5) is 11.6 Å². The van der Waals surface area contributed by atoms with E-state index in [0.29, 0.717) is 5.92 Å². The summed E-state index contributed by atoms with van der Waals surface area (Å²) in [5.41, 5.74) is 1.30. The Kier molecular flexibility index (Phi) is 4.45. The van der Waals surface area contributed by atoms with Gasteiger partial charge in [-0.3, -0.25) is 0 Å². The summed E-state index contributed by atoms with van der Waals surface area (Å²) in [6.45, 7) is 3.82. The summed E-state index contributed by atoms with van der Waals surface area (Å²) >= 11 is 5.23. The van der Waals surface area contributed by atoms with Gasteiger partial charge in [0, 0.05) is 32.1 Å². The maximum atomic E-state index is 4.75. The summed E-state index contributed by atoms with van der Waals surface area (Å²) < 4.78 is 1.17. The van der Waals surface area contributed by atoms with Gasteiger partial charge in [-0.15, -0.1) is 11.3 Å². The molecule has 2 aromatic rings. The Morgan fingerprint density at radius 1 is 1.38 bits per heavy atom. The predicted octanol–water partition coefficient (Wildman–Crippen LogP) is 4.25. The van der Waals surface area contributed by atoms with Crippen molar-refractivity contribution in [3.63, 3.8) is 0 Å². The molecule has 112 valence electrons. The maximum Gasteiger partial charge on any atom is 0.136 e. The van der Waals surface area contributed by atoms with Gasteiger partial charge in [-0.2, -0.15) is 0 Å². The quantitative estimate of drug-likeness (QED) is 0.829. The number of aromatic nitrogens is 2. The van der Waals surface area contributed by atoms with Gasteiger partial charge in [0.1, 0.15) is 17.5 Å². The Hall–Kier alpha value is -1.14. The minimum Gasteiger partial charge on any atom is -0.370 e. The van der Waals surface area contributed by atoms with Crippen LogP contribution in [0.2, 0.25) is 0 Å². The maximum absolute atomic E-state index is 4.75. The molecule has 0 unspecified atom stereocenters. The second-order valence-corrected chi connectivity index (χ2v) is 7.68. The molecule has 1 fully saturated rings. The minimum absolute atomic E-state index is 0.561. The summed E-state index contributed by atoms with van der Waals surface area (Å²) in [7, 11) is 2.08. The van der Waals surface area contributed by atoms with E-state index in [1.165, 1.54) is 22.2 Å². The Morgan fingerprint density at radius 3 is 2.81 bits per heavy atom. The summed E-state index contributed by atoms with van der Waals surface area (Å²) in [6, 6.07) is 4.20. The first-order valence-corrected chi connectivity index (χ1v) is 8.90. The van der Waals surface area contributed by atoms with Crippen LogP contribution < -0.4 is 10.2 Å². The first-order chi connectivity index (χ1) is 10.2. The Bertz CT molecular complexity index is 624. The molecule has 0 radical (unpaired) electrons. The molecule has 0 aliphatic heterocycles. The average Bonchev–Trinajstić information content (AvgIpc) is 3.23. The lowest BCUT2D eigenvalue weighted by molar-refractivity contribution is 0.855. The van der Waals surface area contributed by atoms with Crippen LogP contribution in [0, 0.1) is 0 Å². The molecule has 1 aliphatic rings. The van der Waals surface area contributed by atoms with Crippen molar-refractivity contribution in [1.29, 1.82) is 0 Å². The summed E-state index contributed by atoms with van der Waals surface area (Å²) in [4.78, 5) is 11.6. The molecule has 6 heteroatoms. The lowest BCUT2D eigenvalue weighted by atomic mass is 10.3. The summed E-state index contributed by atoms with van der Waals surface area (Å²) in [5, 5.41) is 5.49. The largest absolute Gasteiger partial charge is 0.370 e. The topological polar surface area (TPSA) is 41.0 Å². The van der Waals surface area contributed by atoms with Gasteiger partial charge >= 0.3 is 0 Å². The van der Waals surface area contributed by atoms with Crippen molar-refractivity contribution in [1.82, 2.24) is 9.97 Å². The fraction of sp³-hybridized carbons (Fsp3) is 0.467. The average molecular weight is 367 g/mol. The number of anilines is 2. The second kappa shape index (κ2) is 6.32. The van der Waals surface area contributed by atoms with Crippen molar-refractivity contribution in [2.24, 2.45) is 0 Å². The highest BCUT2D eigenvalue weighted by Crippen LogP contribution is 2.39. The van der Waals surface area contributed by atoms with Crippen LogP contribution in [0.25, 0.3) is 0 Å². The summed E-state index contributed by atoms with van der Waals surface area (Å²) in [6.07, 6.45) is 2.44. The van der Waals surface area contributed by atoms with Gasteiger partial charge in [-0.1, -0.05) is 0 Å². The molecule has 3 rings (SSSR count). The number of rotatable bonds is 6. The molecule has 0 spiro atoms. The van der Waals surface area contributed by atoms with E-state index in [2.05, 4.69) is 56.5 Å². The molecular formula is C15H19BrN4S. The van der Waals surface area contributed by atoms with E-state index in [9.17, 15) is 0 Å². The Labute approximate surface area is 137 Å². The van der Waals surface area contributed by atoms with Gasteiger partial charge < -0.3 is 10.2 Å².